The van der Waals surface area contributed by atoms with Gasteiger partial charge < -0.3 is 14.6 Å². The maximum atomic E-state index is 12.4. The van der Waals surface area contributed by atoms with E-state index in [0.717, 1.165) is 36.5 Å². The van der Waals surface area contributed by atoms with Gasteiger partial charge in [-0.1, -0.05) is 36.7 Å². The average molecular weight is 456 g/mol. The molecular formula is C22H22ClN5O2S. The number of amides is 1. The SMILES string of the molecule is CCCCn1c(SCC(=O)Nc2ccc(C#N)c(Cl)c2)nnc1-c1ccc(OC)cc1. The van der Waals surface area contributed by atoms with Gasteiger partial charge in [0.2, 0.25) is 5.91 Å². The van der Waals surface area contributed by atoms with Gasteiger partial charge in [0.05, 0.1) is 23.4 Å². The first kappa shape index (κ1) is 22.7. The first-order valence-electron chi connectivity index (χ1n) is 9.75. The largest absolute Gasteiger partial charge is 0.497 e. The van der Waals surface area contributed by atoms with Crippen LogP contribution < -0.4 is 10.1 Å². The number of benzene rings is 2. The van der Waals surface area contributed by atoms with Gasteiger partial charge in [0, 0.05) is 17.8 Å². The molecule has 0 fully saturated rings. The molecule has 1 amide bonds. The number of carbonyl (C=O) groups excluding carboxylic acids is 1. The Morgan fingerprint density at radius 1 is 1.26 bits per heavy atom. The number of aromatic nitrogens is 3. The fourth-order valence-electron chi connectivity index (χ4n) is 2.88. The van der Waals surface area contributed by atoms with Crippen LogP contribution in [0.2, 0.25) is 5.02 Å². The number of unbranched alkanes of at least 4 members (excludes halogenated alkanes) is 1. The van der Waals surface area contributed by atoms with Gasteiger partial charge >= 0.3 is 0 Å². The minimum absolute atomic E-state index is 0.171. The topological polar surface area (TPSA) is 92.8 Å². The number of halogens is 1. The van der Waals surface area contributed by atoms with Crippen molar-refractivity contribution < 1.29 is 9.53 Å². The molecule has 0 saturated carbocycles. The first-order valence-corrected chi connectivity index (χ1v) is 11.1. The van der Waals surface area contributed by atoms with Gasteiger partial charge in [-0.15, -0.1) is 10.2 Å². The summed E-state index contributed by atoms with van der Waals surface area (Å²) in [6, 6.07) is 14.4. The smallest absolute Gasteiger partial charge is 0.234 e. The van der Waals surface area contributed by atoms with E-state index in [0.29, 0.717) is 21.4 Å². The van der Waals surface area contributed by atoms with E-state index >= 15 is 0 Å². The van der Waals surface area contributed by atoms with Gasteiger partial charge in [0.25, 0.3) is 0 Å². The van der Waals surface area contributed by atoms with Crippen molar-refractivity contribution in [1.29, 1.82) is 5.26 Å². The minimum atomic E-state index is -0.193. The van der Waals surface area contributed by atoms with Crippen LogP contribution in [-0.4, -0.2) is 33.5 Å². The number of hydrogen-bond donors (Lipinski definition) is 1. The molecule has 1 heterocycles. The number of hydrogen-bond acceptors (Lipinski definition) is 6. The predicted molar refractivity (Wildman–Crippen MR) is 122 cm³/mol. The normalized spacial score (nSPS) is 10.5. The Bertz CT molecular complexity index is 1090. The van der Waals surface area contributed by atoms with Crippen LogP contribution in [0.3, 0.4) is 0 Å². The summed E-state index contributed by atoms with van der Waals surface area (Å²) in [6.07, 6.45) is 2.01. The zero-order valence-electron chi connectivity index (χ0n) is 17.3. The van der Waals surface area contributed by atoms with Gasteiger partial charge in [-0.05, 0) is 48.9 Å². The summed E-state index contributed by atoms with van der Waals surface area (Å²) in [5.41, 5.74) is 1.85. The molecule has 1 aromatic heterocycles. The molecular weight excluding hydrogens is 434 g/mol. The van der Waals surface area contributed by atoms with E-state index in [1.807, 2.05) is 34.9 Å². The quantitative estimate of drug-likeness (QED) is 0.456. The molecule has 0 unspecified atom stereocenters. The lowest BCUT2D eigenvalue weighted by atomic mass is 10.2. The van der Waals surface area contributed by atoms with Gasteiger partial charge in [0.15, 0.2) is 11.0 Å². The number of ether oxygens (including phenoxy) is 1. The Morgan fingerprint density at radius 3 is 2.68 bits per heavy atom. The summed E-state index contributed by atoms with van der Waals surface area (Å²) >= 11 is 7.35. The van der Waals surface area contributed by atoms with Crippen LogP contribution >= 0.6 is 23.4 Å². The Kier molecular flexibility index (Phi) is 7.93. The number of nitrogens with one attached hydrogen (secondary N) is 1. The second kappa shape index (κ2) is 10.8. The zero-order valence-corrected chi connectivity index (χ0v) is 18.8. The van der Waals surface area contributed by atoms with Gasteiger partial charge in [-0.2, -0.15) is 5.26 Å². The Morgan fingerprint density at radius 2 is 2.03 bits per heavy atom. The van der Waals surface area contributed by atoms with E-state index in [1.54, 1.807) is 25.3 Å². The van der Waals surface area contributed by atoms with Crippen LogP contribution in [0.4, 0.5) is 5.69 Å². The third kappa shape index (κ3) is 5.78. The Balaban J connectivity index is 1.71. The molecule has 1 N–H and O–H groups in total. The second-order valence-electron chi connectivity index (χ2n) is 6.68. The highest BCUT2D eigenvalue weighted by Gasteiger charge is 2.16. The van der Waals surface area contributed by atoms with Crippen molar-refractivity contribution in [2.75, 3.05) is 18.2 Å². The van der Waals surface area contributed by atoms with Gasteiger partial charge in [0.1, 0.15) is 11.8 Å². The monoisotopic (exact) mass is 455 g/mol. The third-order valence-corrected chi connectivity index (χ3v) is 5.79. The van der Waals surface area contributed by atoms with E-state index in [-0.39, 0.29) is 11.7 Å². The van der Waals surface area contributed by atoms with E-state index in [9.17, 15) is 4.79 Å². The van der Waals surface area contributed by atoms with Crippen molar-refractivity contribution in [3.63, 3.8) is 0 Å². The maximum absolute atomic E-state index is 12.4. The Labute approximate surface area is 190 Å². The van der Waals surface area contributed by atoms with Crippen molar-refractivity contribution >= 4 is 35.0 Å². The van der Waals surface area contributed by atoms with Crippen molar-refractivity contribution in [2.45, 2.75) is 31.5 Å². The fourth-order valence-corrected chi connectivity index (χ4v) is 3.86. The van der Waals surface area contributed by atoms with Crippen LogP contribution in [0.5, 0.6) is 5.75 Å². The van der Waals surface area contributed by atoms with Crippen molar-refractivity contribution in [3.8, 4) is 23.2 Å². The van der Waals surface area contributed by atoms with Crippen LogP contribution in [0.25, 0.3) is 11.4 Å². The molecule has 3 aromatic rings. The predicted octanol–water partition coefficient (Wildman–Crippen LogP) is 5.01. The van der Waals surface area contributed by atoms with Crippen LogP contribution in [0, 0.1) is 11.3 Å². The molecule has 0 aliphatic heterocycles. The molecule has 2 aromatic carbocycles. The Hall–Kier alpha value is -3.02. The number of thioether (sulfide) groups is 1. The molecule has 0 atom stereocenters. The molecule has 9 heteroatoms. The van der Waals surface area contributed by atoms with Crippen molar-refractivity contribution in [3.05, 3.63) is 53.1 Å². The summed E-state index contributed by atoms with van der Waals surface area (Å²) in [5, 5.41) is 21.4. The van der Waals surface area contributed by atoms with Crippen molar-refractivity contribution in [1.82, 2.24) is 14.8 Å². The molecule has 0 aliphatic rings. The lowest BCUT2D eigenvalue weighted by Gasteiger charge is -2.10. The van der Waals surface area contributed by atoms with Crippen molar-refractivity contribution in [2.24, 2.45) is 0 Å². The van der Waals surface area contributed by atoms with Crippen LogP contribution in [0.1, 0.15) is 25.3 Å². The van der Waals surface area contributed by atoms with E-state index in [1.165, 1.54) is 11.8 Å². The number of carbonyl (C=O) groups is 1. The summed E-state index contributed by atoms with van der Waals surface area (Å²) in [6.45, 7) is 2.89. The minimum Gasteiger partial charge on any atom is -0.497 e. The molecule has 0 bridgehead atoms. The van der Waals surface area contributed by atoms with E-state index in [4.69, 9.17) is 21.6 Å². The third-order valence-electron chi connectivity index (χ3n) is 4.51. The molecule has 0 radical (unpaired) electrons. The van der Waals surface area contributed by atoms with Gasteiger partial charge in [-0.25, -0.2) is 0 Å². The van der Waals surface area contributed by atoms with Gasteiger partial charge in [-0.3, -0.25) is 4.79 Å². The number of nitriles is 1. The number of anilines is 1. The van der Waals surface area contributed by atoms with Crippen LogP contribution in [0.15, 0.2) is 47.6 Å². The molecule has 0 spiro atoms. The highest BCUT2D eigenvalue weighted by molar-refractivity contribution is 7.99. The summed E-state index contributed by atoms with van der Waals surface area (Å²) in [5.74, 6) is 1.52. The first-order chi connectivity index (χ1) is 15.0. The fraction of sp³-hybridized carbons (Fsp3) is 0.273. The van der Waals surface area contributed by atoms with E-state index in [2.05, 4.69) is 22.4 Å². The maximum Gasteiger partial charge on any atom is 0.234 e. The summed E-state index contributed by atoms with van der Waals surface area (Å²) in [7, 11) is 1.63. The number of rotatable bonds is 9. The molecule has 0 aliphatic carbocycles. The highest BCUT2D eigenvalue weighted by atomic mass is 35.5. The molecule has 160 valence electrons. The molecule has 7 nitrogen and oxygen atoms in total. The lowest BCUT2D eigenvalue weighted by Crippen LogP contribution is -2.14. The second-order valence-corrected chi connectivity index (χ2v) is 8.03. The number of nitrogens with zero attached hydrogens (tertiary/aromatic N) is 4. The lowest BCUT2D eigenvalue weighted by molar-refractivity contribution is -0.113. The standard InChI is InChI=1S/C22H22ClN5O2S/c1-3-4-11-28-21(15-6-9-18(30-2)10-7-15)26-27-22(28)31-14-20(29)25-17-8-5-16(13-24)19(23)12-17/h5-10,12H,3-4,11,14H2,1-2H3,(H,25,29). The van der Waals surface area contributed by atoms with E-state index < -0.39 is 0 Å². The number of methoxy groups -OCH3 is 1. The highest BCUT2D eigenvalue weighted by Crippen LogP contribution is 2.26. The zero-order chi connectivity index (χ0) is 22.2. The average Bonchev–Trinajstić information content (AvgIpc) is 3.19. The molecule has 3 rings (SSSR count). The molecule has 31 heavy (non-hydrogen) atoms. The summed E-state index contributed by atoms with van der Waals surface area (Å²) < 4.78 is 7.27. The summed E-state index contributed by atoms with van der Waals surface area (Å²) in [4.78, 5) is 12.4. The van der Waals surface area contributed by atoms with Crippen LogP contribution in [-0.2, 0) is 11.3 Å². The molecule has 0 saturated heterocycles.